The number of carbonyl (C=O) groups is 1. The van der Waals surface area contributed by atoms with Crippen molar-refractivity contribution in [1.82, 2.24) is 10.3 Å². The number of phenolic OH excluding ortho intramolecular Hbond substituents is 1. The molecule has 6 rings (SSSR count). The van der Waals surface area contributed by atoms with Crippen LogP contribution in [0.25, 0.3) is 0 Å². The third kappa shape index (κ3) is 3.52. The average molecular weight is 464 g/mol. The van der Waals surface area contributed by atoms with E-state index >= 15 is 0 Å². The minimum atomic E-state index is -0.513. The lowest BCUT2D eigenvalue weighted by molar-refractivity contribution is -0.116. The van der Waals surface area contributed by atoms with Crippen LogP contribution in [0, 0.1) is 17.6 Å². The molecule has 0 radical (unpaired) electrons. The van der Waals surface area contributed by atoms with Gasteiger partial charge in [0.2, 0.25) is 5.91 Å². The summed E-state index contributed by atoms with van der Waals surface area (Å²) < 4.78 is 33.3. The predicted molar refractivity (Wildman–Crippen MR) is 121 cm³/mol. The van der Waals surface area contributed by atoms with Gasteiger partial charge in [-0.25, -0.2) is 13.8 Å². The van der Waals surface area contributed by atoms with Crippen LogP contribution in [0.5, 0.6) is 17.2 Å². The zero-order valence-corrected chi connectivity index (χ0v) is 18.1. The first-order chi connectivity index (χ1) is 16.4. The van der Waals surface area contributed by atoms with E-state index in [0.717, 1.165) is 35.7 Å². The van der Waals surface area contributed by atoms with Crippen molar-refractivity contribution < 1.29 is 23.4 Å². The van der Waals surface area contributed by atoms with Crippen molar-refractivity contribution in [2.24, 2.45) is 5.92 Å². The highest BCUT2D eigenvalue weighted by molar-refractivity contribution is 5.93. The maximum atomic E-state index is 13.8. The maximum absolute atomic E-state index is 13.8. The SMILES string of the molecule is O=C1CCc2c(Oc3ccc(O)c(C4C5CC54NCNc4cc(F)ccc4F)c3)ccnc2N1. The van der Waals surface area contributed by atoms with Crippen LogP contribution in [0.1, 0.15) is 29.9 Å². The third-order valence-electron chi connectivity index (χ3n) is 6.97. The van der Waals surface area contributed by atoms with E-state index < -0.39 is 11.6 Å². The highest BCUT2D eigenvalue weighted by Crippen LogP contribution is 2.77. The zero-order valence-electron chi connectivity index (χ0n) is 18.1. The Morgan fingerprint density at radius 3 is 2.91 bits per heavy atom. The largest absolute Gasteiger partial charge is 0.508 e. The number of ether oxygens (including phenoxy) is 1. The summed E-state index contributed by atoms with van der Waals surface area (Å²) in [6.07, 6.45) is 3.46. The van der Waals surface area contributed by atoms with E-state index in [1.165, 1.54) is 0 Å². The topological polar surface area (TPSA) is 95.5 Å². The van der Waals surface area contributed by atoms with Crippen LogP contribution in [0.2, 0.25) is 0 Å². The number of amides is 1. The highest BCUT2D eigenvalue weighted by Gasteiger charge is 2.79. The lowest BCUT2D eigenvalue weighted by atomic mass is 9.99. The number of fused-ring (bicyclic) bond motifs is 2. The fourth-order valence-corrected chi connectivity index (χ4v) is 4.98. The van der Waals surface area contributed by atoms with Crippen molar-refractivity contribution in [2.75, 3.05) is 17.3 Å². The van der Waals surface area contributed by atoms with E-state index in [-0.39, 0.29) is 35.5 Å². The second-order valence-electron chi connectivity index (χ2n) is 8.99. The number of carbonyl (C=O) groups excluding carboxylic acids is 1. The van der Waals surface area contributed by atoms with Gasteiger partial charge in [0, 0.05) is 35.2 Å². The summed E-state index contributed by atoms with van der Waals surface area (Å²) in [5, 5.41) is 19.6. The van der Waals surface area contributed by atoms with Gasteiger partial charge in [-0.15, -0.1) is 0 Å². The first-order valence-corrected chi connectivity index (χ1v) is 11.2. The Balaban J connectivity index is 1.15. The van der Waals surface area contributed by atoms with Gasteiger partial charge in [0.1, 0.15) is 34.7 Å². The monoisotopic (exact) mass is 464 g/mol. The van der Waals surface area contributed by atoms with E-state index in [0.29, 0.717) is 36.1 Å². The Bertz CT molecular complexity index is 1320. The number of benzene rings is 2. The van der Waals surface area contributed by atoms with Gasteiger partial charge in [0.25, 0.3) is 0 Å². The van der Waals surface area contributed by atoms with Crippen molar-refractivity contribution in [2.45, 2.75) is 30.7 Å². The van der Waals surface area contributed by atoms with Crippen molar-refractivity contribution in [3.05, 3.63) is 71.4 Å². The number of nitrogens with one attached hydrogen (secondary N) is 3. The molecular formula is C25H22F2N4O3. The van der Waals surface area contributed by atoms with Gasteiger partial charge in [-0.05, 0) is 61.2 Å². The van der Waals surface area contributed by atoms with Gasteiger partial charge < -0.3 is 20.5 Å². The quantitative estimate of drug-likeness (QED) is 0.391. The molecule has 7 nitrogen and oxygen atoms in total. The number of halogens is 2. The number of rotatable bonds is 7. The molecule has 2 fully saturated rings. The predicted octanol–water partition coefficient (Wildman–Crippen LogP) is 4.26. The van der Waals surface area contributed by atoms with Crippen LogP contribution in [0.4, 0.5) is 20.3 Å². The number of pyridine rings is 1. The van der Waals surface area contributed by atoms with Crippen LogP contribution in [0.15, 0.2) is 48.7 Å². The smallest absolute Gasteiger partial charge is 0.225 e. The summed E-state index contributed by atoms with van der Waals surface area (Å²) in [5.41, 5.74) is 1.58. The normalized spacial score (nSPS) is 24.0. The Labute approximate surface area is 194 Å². The fourth-order valence-electron chi connectivity index (χ4n) is 4.98. The highest BCUT2D eigenvalue weighted by atomic mass is 19.1. The molecule has 3 aliphatic rings. The molecule has 0 saturated heterocycles. The third-order valence-corrected chi connectivity index (χ3v) is 6.97. The molecule has 1 aliphatic heterocycles. The van der Waals surface area contributed by atoms with Gasteiger partial charge in [0.05, 0.1) is 12.4 Å². The van der Waals surface area contributed by atoms with E-state index in [4.69, 9.17) is 4.74 Å². The molecule has 1 amide bonds. The number of hydrogen-bond donors (Lipinski definition) is 4. The maximum Gasteiger partial charge on any atom is 0.225 e. The minimum Gasteiger partial charge on any atom is -0.508 e. The molecule has 3 atom stereocenters. The van der Waals surface area contributed by atoms with Crippen LogP contribution >= 0.6 is 0 Å². The minimum absolute atomic E-state index is 0.0653. The number of nitrogens with zero attached hydrogens (tertiary/aromatic N) is 1. The lowest BCUT2D eigenvalue weighted by Gasteiger charge is -2.20. The summed E-state index contributed by atoms with van der Waals surface area (Å²) >= 11 is 0. The number of aromatic nitrogens is 1. The van der Waals surface area contributed by atoms with E-state index in [9.17, 15) is 18.7 Å². The van der Waals surface area contributed by atoms with E-state index in [1.54, 1.807) is 24.4 Å². The van der Waals surface area contributed by atoms with Gasteiger partial charge in [-0.1, -0.05) is 0 Å². The van der Waals surface area contributed by atoms with E-state index in [2.05, 4.69) is 20.9 Å². The second-order valence-corrected chi connectivity index (χ2v) is 8.99. The van der Waals surface area contributed by atoms with Crippen molar-refractivity contribution >= 4 is 17.4 Å². The standard InChI is InChI=1S/C25H22F2N4O3/c26-13-1-4-18(27)19(9-13)29-12-30-25-11-17(25)23(25)16-10-14(2-5-20(16)32)34-21-7-8-28-24-15(21)3-6-22(33)31-24/h1-2,4-5,7-10,17,23,29-30,32H,3,6,11-12H2,(H,28,31,33). The molecule has 3 unspecified atom stereocenters. The summed E-state index contributed by atoms with van der Waals surface area (Å²) in [7, 11) is 0. The molecule has 4 N–H and O–H groups in total. The van der Waals surface area contributed by atoms with Crippen LogP contribution in [-0.4, -0.2) is 28.2 Å². The zero-order chi connectivity index (χ0) is 23.4. The molecule has 0 bridgehead atoms. The molecule has 0 spiro atoms. The Morgan fingerprint density at radius 1 is 1.18 bits per heavy atom. The molecule has 2 aromatic carbocycles. The van der Waals surface area contributed by atoms with Gasteiger partial charge >= 0.3 is 0 Å². The Morgan fingerprint density at radius 2 is 2.06 bits per heavy atom. The molecule has 2 aliphatic carbocycles. The van der Waals surface area contributed by atoms with Gasteiger partial charge in [0.15, 0.2) is 0 Å². The number of phenols is 1. The lowest BCUT2D eigenvalue weighted by Crippen LogP contribution is -2.31. The Hall–Kier alpha value is -3.72. The first kappa shape index (κ1) is 20.9. The Kier molecular flexibility index (Phi) is 4.70. The van der Waals surface area contributed by atoms with E-state index in [1.807, 2.05) is 6.07 Å². The van der Waals surface area contributed by atoms with Gasteiger partial charge in [-0.3, -0.25) is 10.1 Å². The first-order valence-electron chi connectivity index (χ1n) is 11.2. The van der Waals surface area contributed by atoms with Gasteiger partial charge in [-0.2, -0.15) is 0 Å². The number of hydrogen-bond acceptors (Lipinski definition) is 6. The van der Waals surface area contributed by atoms with Crippen molar-refractivity contribution in [3.63, 3.8) is 0 Å². The molecule has 2 heterocycles. The molecule has 9 heteroatoms. The fraction of sp³-hybridized carbons (Fsp3) is 0.280. The molecule has 2 saturated carbocycles. The van der Waals surface area contributed by atoms with Crippen molar-refractivity contribution in [1.29, 1.82) is 0 Å². The number of aromatic hydroxyl groups is 1. The molecule has 34 heavy (non-hydrogen) atoms. The van der Waals surface area contributed by atoms with Crippen molar-refractivity contribution in [3.8, 4) is 17.2 Å². The van der Waals surface area contributed by atoms with Crippen LogP contribution in [0.3, 0.4) is 0 Å². The number of anilines is 2. The molecule has 3 aromatic rings. The van der Waals surface area contributed by atoms with Crippen LogP contribution in [-0.2, 0) is 11.2 Å². The second kappa shape index (κ2) is 7.66. The summed E-state index contributed by atoms with van der Waals surface area (Å²) in [6.45, 7) is 0.277. The summed E-state index contributed by atoms with van der Waals surface area (Å²) in [6, 6.07) is 10.2. The summed E-state index contributed by atoms with van der Waals surface area (Å²) in [5.74, 6) is 1.31. The van der Waals surface area contributed by atoms with Crippen LogP contribution < -0.4 is 20.7 Å². The molecule has 174 valence electrons. The average Bonchev–Trinajstić information content (AvgIpc) is 3.68. The molecule has 1 aromatic heterocycles. The molecular weight excluding hydrogens is 442 g/mol. The summed E-state index contributed by atoms with van der Waals surface area (Å²) in [4.78, 5) is 15.9.